The van der Waals surface area contributed by atoms with Crippen LogP contribution in [0.1, 0.15) is 26.3 Å². The zero-order valence-electron chi connectivity index (χ0n) is 13.4. The monoisotopic (exact) mass is 361 g/mol. The molecule has 2 rings (SSSR count). The molecule has 0 atom stereocenters. The number of ether oxygens (including phenoxy) is 1. The molecule has 6 nitrogen and oxygen atoms in total. The number of ketones is 1. The van der Waals surface area contributed by atoms with Gasteiger partial charge >= 0.3 is 5.97 Å². The number of nitrogens with one attached hydrogen (secondary N) is 1. The summed E-state index contributed by atoms with van der Waals surface area (Å²) >= 11 is 5.91. The third-order valence-corrected chi connectivity index (χ3v) is 3.75. The van der Waals surface area contributed by atoms with Gasteiger partial charge in [-0.25, -0.2) is 4.79 Å². The minimum Gasteiger partial charge on any atom is -0.496 e. The van der Waals surface area contributed by atoms with Crippen molar-refractivity contribution in [2.24, 2.45) is 0 Å². The molecule has 2 aromatic rings. The van der Waals surface area contributed by atoms with Crippen LogP contribution in [-0.2, 0) is 11.2 Å². The molecule has 130 valence electrons. The van der Waals surface area contributed by atoms with E-state index in [-0.39, 0.29) is 11.5 Å². The minimum absolute atomic E-state index is 0.115. The summed E-state index contributed by atoms with van der Waals surface area (Å²) in [5.74, 6) is -2.32. The Morgan fingerprint density at radius 3 is 2.40 bits per heavy atom. The van der Waals surface area contributed by atoms with Gasteiger partial charge in [-0.2, -0.15) is 0 Å². The number of amides is 1. The van der Waals surface area contributed by atoms with Crippen LogP contribution < -0.4 is 10.1 Å². The van der Waals surface area contributed by atoms with E-state index in [0.717, 1.165) is 5.56 Å². The number of rotatable bonds is 7. The van der Waals surface area contributed by atoms with E-state index in [0.29, 0.717) is 29.3 Å². The fourth-order valence-electron chi connectivity index (χ4n) is 2.22. The second-order valence-electron chi connectivity index (χ2n) is 5.18. The van der Waals surface area contributed by atoms with Gasteiger partial charge in [-0.15, -0.1) is 0 Å². The number of carbonyl (C=O) groups excluding carboxylic acids is 2. The Morgan fingerprint density at radius 2 is 1.80 bits per heavy atom. The number of methoxy groups -OCH3 is 1. The highest BCUT2D eigenvalue weighted by molar-refractivity contribution is 6.39. The fourth-order valence-corrected chi connectivity index (χ4v) is 2.39. The number of carboxylic acid groups (broad SMARTS) is 1. The van der Waals surface area contributed by atoms with Crippen LogP contribution in [0.2, 0.25) is 5.02 Å². The van der Waals surface area contributed by atoms with Crippen LogP contribution in [-0.4, -0.2) is 36.4 Å². The molecule has 0 saturated heterocycles. The van der Waals surface area contributed by atoms with E-state index in [1.54, 1.807) is 24.3 Å². The molecular formula is C18H16ClNO5. The first-order chi connectivity index (χ1) is 11.9. The number of hydrogen-bond acceptors (Lipinski definition) is 4. The lowest BCUT2D eigenvalue weighted by Crippen LogP contribution is -2.26. The van der Waals surface area contributed by atoms with E-state index in [4.69, 9.17) is 21.4 Å². The summed E-state index contributed by atoms with van der Waals surface area (Å²) < 4.78 is 5.14. The average Bonchev–Trinajstić information content (AvgIpc) is 2.61. The lowest BCUT2D eigenvalue weighted by atomic mass is 10.1. The molecule has 25 heavy (non-hydrogen) atoms. The van der Waals surface area contributed by atoms with E-state index in [9.17, 15) is 14.4 Å². The van der Waals surface area contributed by atoms with Gasteiger partial charge < -0.3 is 15.2 Å². The van der Waals surface area contributed by atoms with Crippen molar-refractivity contribution in [1.82, 2.24) is 5.32 Å². The molecule has 0 fully saturated rings. The van der Waals surface area contributed by atoms with Gasteiger partial charge in [0.2, 0.25) is 0 Å². The van der Waals surface area contributed by atoms with E-state index >= 15 is 0 Å². The molecule has 1 amide bonds. The summed E-state index contributed by atoms with van der Waals surface area (Å²) in [5, 5.41) is 11.9. The molecule has 2 N–H and O–H groups in total. The number of Topliss-reactive ketones (excluding diaryl/α,β-unsaturated/α-hetero) is 1. The number of carbonyl (C=O) groups is 3. The van der Waals surface area contributed by atoms with Crippen LogP contribution in [0, 0.1) is 0 Å². The van der Waals surface area contributed by atoms with E-state index in [2.05, 4.69) is 5.32 Å². The molecule has 0 aliphatic rings. The smallest absolute Gasteiger partial charge is 0.377 e. The highest BCUT2D eigenvalue weighted by atomic mass is 35.5. The first-order valence-electron chi connectivity index (χ1n) is 7.40. The quantitative estimate of drug-likeness (QED) is 0.584. The van der Waals surface area contributed by atoms with Crippen molar-refractivity contribution in [3.8, 4) is 5.75 Å². The Kier molecular flexibility index (Phi) is 6.14. The molecule has 0 heterocycles. The third-order valence-electron chi connectivity index (χ3n) is 3.52. The summed E-state index contributed by atoms with van der Waals surface area (Å²) in [6.45, 7) is 0.362. The number of halogens is 1. The zero-order chi connectivity index (χ0) is 18.4. The standard InChI is InChI=1S/C18H16ClNO5/c1-25-15-7-6-13(19)10-14(15)17(22)20-9-8-11-2-4-12(5-3-11)16(21)18(23)24/h2-7,10H,8-9H2,1H3,(H,20,22)(H,23,24). The first kappa shape index (κ1) is 18.5. The van der Waals surface area contributed by atoms with Gasteiger partial charge in [-0.3, -0.25) is 9.59 Å². The van der Waals surface area contributed by atoms with Gasteiger partial charge in [0, 0.05) is 17.1 Å². The highest BCUT2D eigenvalue weighted by Gasteiger charge is 2.14. The number of aliphatic carboxylic acids is 1. The fraction of sp³-hybridized carbons (Fsp3) is 0.167. The van der Waals surface area contributed by atoms with Crippen molar-refractivity contribution >= 4 is 29.3 Å². The van der Waals surface area contributed by atoms with E-state index < -0.39 is 11.8 Å². The molecule has 0 bridgehead atoms. The maximum Gasteiger partial charge on any atom is 0.377 e. The van der Waals surface area contributed by atoms with E-state index in [1.807, 2.05) is 0 Å². The Morgan fingerprint density at radius 1 is 1.12 bits per heavy atom. The first-order valence-corrected chi connectivity index (χ1v) is 7.78. The lowest BCUT2D eigenvalue weighted by molar-refractivity contribution is -0.131. The van der Waals surface area contributed by atoms with Crippen LogP contribution in [0.4, 0.5) is 0 Å². The maximum atomic E-state index is 12.2. The Balaban J connectivity index is 1.94. The molecule has 0 aromatic heterocycles. The molecule has 0 aliphatic carbocycles. The van der Waals surface area contributed by atoms with Crippen molar-refractivity contribution in [3.63, 3.8) is 0 Å². The largest absolute Gasteiger partial charge is 0.496 e. The van der Waals surface area contributed by atoms with Gasteiger partial charge in [0.1, 0.15) is 5.75 Å². The van der Waals surface area contributed by atoms with Crippen molar-refractivity contribution < 1.29 is 24.2 Å². The molecule has 0 spiro atoms. The zero-order valence-corrected chi connectivity index (χ0v) is 14.2. The normalized spacial score (nSPS) is 10.2. The van der Waals surface area contributed by atoms with Gasteiger partial charge in [0.05, 0.1) is 12.7 Å². The Labute approximate surface area is 149 Å². The summed E-state index contributed by atoms with van der Waals surface area (Å²) in [6.07, 6.45) is 0.524. The third kappa shape index (κ3) is 4.81. The number of benzene rings is 2. The van der Waals surface area contributed by atoms with Gasteiger partial charge in [0.15, 0.2) is 0 Å². The van der Waals surface area contributed by atoms with Gasteiger partial charge in [-0.05, 0) is 30.2 Å². The summed E-state index contributed by atoms with van der Waals surface area (Å²) in [4.78, 5) is 34.2. The molecule has 7 heteroatoms. The number of carboxylic acids is 1. The Hall–Kier alpha value is -2.86. The topological polar surface area (TPSA) is 92.7 Å². The second-order valence-corrected chi connectivity index (χ2v) is 5.62. The highest BCUT2D eigenvalue weighted by Crippen LogP contribution is 2.22. The van der Waals surface area contributed by atoms with Crippen LogP contribution >= 0.6 is 11.6 Å². The predicted octanol–water partition coefficient (Wildman–Crippen LogP) is 2.59. The predicted molar refractivity (Wildman–Crippen MR) is 92.4 cm³/mol. The SMILES string of the molecule is COc1ccc(Cl)cc1C(=O)NCCc1ccc(C(=O)C(=O)O)cc1. The molecular weight excluding hydrogens is 346 g/mol. The average molecular weight is 362 g/mol. The van der Waals surface area contributed by atoms with Crippen LogP contribution in [0.3, 0.4) is 0 Å². The minimum atomic E-state index is -1.49. The van der Waals surface area contributed by atoms with Crippen molar-refractivity contribution in [2.45, 2.75) is 6.42 Å². The molecule has 0 radical (unpaired) electrons. The molecule has 0 unspecified atom stereocenters. The summed E-state index contributed by atoms with van der Waals surface area (Å²) in [5.41, 5.74) is 1.32. The Bertz CT molecular complexity index is 802. The maximum absolute atomic E-state index is 12.2. The van der Waals surface area contributed by atoms with Crippen molar-refractivity contribution in [1.29, 1.82) is 0 Å². The van der Waals surface area contributed by atoms with Crippen LogP contribution in [0.5, 0.6) is 5.75 Å². The second kappa shape index (κ2) is 8.30. The van der Waals surface area contributed by atoms with Gasteiger partial charge in [0.25, 0.3) is 11.7 Å². The summed E-state index contributed by atoms with van der Waals surface area (Å²) in [6, 6.07) is 11.0. The van der Waals surface area contributed by atoms with Crippen LogP contribution in [0.15, 0.2) is 42.5 Å². The van der Waals surface area contributed by atoms with Crippen molar-refractivity contribution in [2.75, 3.05) is 13.7 Å². The van der Waals surface area contributed by atoms with Crippen molar-refractivity contribution in [3.05, 3.63) is 64.2 Å². The van der Waals surface area contributed by atoms with Crippen LogP contribution in [0.25, 0.3) is 0 Å². The molecule has 0 saturated carbocycles. The molecule has 2 aromatic carbocycles. The van der Waals surface area contributed by atoms with E-state index in [1.165, 1.54) is 25.3 Å². The summed E-state index contributed by atoms with van der Waals surface area (Å²) in [7, 11) is 1.47. The number of hydrogen-bond donors (Lipinski definition) is 2. The van der Waals surface area contributed by atoms with Gasteiger partial charge in [-0.1, -0.05) is 35.9 Å². The lowest BCUT2D eigenvalue weighted by Gasteiger charge is -2.10. The molecule has 0 aliphatic heterocycles.